The Morgan fingerprint density at radius 1 is 1.00 bits per heavy atom. The molecule has 0 saturated carbocycles. The first kappa shape index (κ1) is 29.1. The van der Waals surface area contributed by atoms with Gasteiger partial charge in [0.15, 0.2) is 17.4 Å². The van der Waals surface area contributed by atoms with Gasteiger partial charge in [0.1, 0.15) is 5.76 Å². The lowest BCUT2D eigenvalue weighted by Gasteiger charge is -2.34. The third-order valence-corrected chi connectivity index (χ3v) is 5.98. The minimum Gasteiger partial charge on any atom is -0.455 e. The molecule has 9 nitrogen and oxygen atoms in total. The Hall–Kier alpha value is -3.47. The van der Waals surface area contributed by atoms with E-state index in [0.29, 0.717) is 50.9 Å². The third-order valence-electron chi connectivity index (χ3n) is 5.98. The fourth-order valence-corrected chi connectivity index (χ4v) is 3.94. The van der Waals surface area contributed by atoms with Crippen LogP contribution < -0.4 is 16.0 Å². The van der Waals surface area contributed by atoms with Gasteiger partial charge in [-0.05, 0) is 57.4 Å². The van der Waals surface area contributed by atoms with Crippen LogP contribution in [0.15, 0.2) is 28.7 Å². The van der Waals surface area contributed by atoms with E-state index in [1.807, 2.05) is 34.6 Å². The molecular formula is C27H37F2N5O4. The Morgan fingerprint density at radius 3 is 2.32 bits per heavy atom. The van der Waals surface area contributed by atoms with E-state index in [0.717, 1.165) is 6.42 Å². The number of benzene rings is 1. The molecule has 1 aliphatic rings. The molecule has 0 spiro atoms. The van der Waals surface area contributed by atoms with Crippen molar-refractivity contribution in [1.29, 1.82) is 0 Å². The van der Waals surface area contributed by atoms with Gasteiger partial charge in [0.2, 0.25) is 0 Å². The van der Waals surface area contributed by atoms with Crippen LogP contribution in [0.4, 0.5) is 19.3 Å². The van der Waals surface area contributed by atoms with Crippen molar-refractivity contribution in [2.45, 2.75) is 53.1 Å². The lowest BCUT2D eigenvalue weighted by atomic mass is 10.1. The summed E-state index contributed by atoms with van der Waals surface area (Å²) in [4.78, 5) is 40.6. The van der Waals surface area contributed by atoms with Crippen LogP contribution in [-0.2, 0) is 6.54 Å². The normalized spacial score (nSPS) is 14.5. The van der Waals surface area contributed by atoms with Crippen LogP contribution in [-0.4, -0.2) is 65.9 Å². The summed E-state index contributed by atoms with van der Waals surface area (Å²) in [6, 6.07) is 5.10. The summed E-state index contributed by atoms with van der Waals surface area (Å²) >= 11 is 0. The summed E-state index contributed by atoms with van der Waals surface area (Å²) in [5.41, 5.74) is -1.10. The number of hydrogen-bond acceptors (Lipinski definition) is 5. The van der Waals surface area contributed by atoms with Gasteiger partial charge in [0.25, 0.3) is 11.8 Å². The predicted molar refractivity (Wildman–Crippen MR) is 140 cm³/mol. The summed E-state index contributed by atoms with van der Waals surface area (Å²) in [6.07, 6.45) is 0.752. The van der Waals surface area contributed by atoms with E-state index in [1.54, 1.807) is 12.1 Å². The van der Waals surface area contributed by atoms with Crippen LogP contribution in [0.2, 0.25) is 0 Å². The fourth-order valence-electron chi connectivity index (χ4n) is 3.94. The smallest absolute Gasteiger partial charge is 0.319 e. The summed E-state index contributed by atoms with van der Waals surface area (Å²) < 4.78 is 35.1. The van der Waals surface area contributed by atoms with Crippen molar-refractivity contribution in [3.05, 3.63) is 53.0 Å². The van der Waals surface area contributed by atoms with E-state index in [4.69, 9.17) is 4.42 Å². The number of anilines is 1. The Labute approximate surface area is 221 Å². The van der Waals surface area contributed by atoms with Crippen molar-refractivity contribution in [1.82, 2.24) is 20.4 Å². The Morgan fingerprint density at radius 2 is 1.68 bits per heavy atom. The molecule has 1 saturated heterocycles. The van der Waals surface area contributed by atoms with Gasteiger partial charge in [-0.15, -0.1) is 0 Å². The zero-order valence-electron chi connectivity index (χ0n) is 22.6. The molecule has 0 unspecified atom stereocenters. The second-order valence-electron chi connectivity index (χ2n) is 10.9. The Kier molecular flexibility index (Phi) is 9.48. The largest absolute Gasteiger partial charge is 0.455 e. The summed E-state index contributed by atoms with van der Waals surface area (Å²) in [5, 5.41) is 7.73. The van der Waals surface area contributed by atoms with E-state index in [1.165, 1.54) is 17.0 Å². The van der Waals surface area contributed by atoms with Gasteiger partial charge in [-0.2, -0.15) is 0 Å². The molecule has 3 rings (SSSR count). The number of hydrogen-bond donors (Lipinski definition) is 3. The SMILES string of the molecule is CC(C)CCNC(=O)Nc1ccc(C(=O)N2CCN(Cc3ccc(C(=O)NC(C)(C)C)o3)CC2)c(F)c1F. The zero-order valence-corrected chi connectivity index (χ0v) is 22.6. The summed E-state index contributed by atoms with van der Waals surface area (Å²) in [7, 11) is 0. The monoisotopic (exact) mass is 533 g/mol. The molecule has 2 aromatic rings. The summed E-state index contributed by atoms with van der Waals surface area (Å²) in [6.45, 7) is 12.2. The van der Waals surface area contributed by atoms with Crippen molar-refractivity contribution < 1.29 is 27.6 Å². The number of carbonyl (C=O) groups is 3. The number of carbonyl (C=O) groups excluding carboxylic acids is 3. The average molecular weight is 534 g/mol. The highest BCUT2D eigenvalue weighted by Gasteiger charge is 2.27. The van der Waals surface area contributed by atoms with E-state index in [9.17, 15) is 23.2 Å². The third kappa shape index (κ3) is 8.01. The number of piperazine rings is 1. The number of rotatable bonds is 8. The Bertz CT molecular complexity index is 1150. The van der Waals surface area contributed by atoms with Crippen LogP contribution in [0, 0.1) is 17.6 Å². The minimum atomic E-state index is -1.30. The van der Waals surface area contributed by atoms with Crippen molar-refractivity contribution >= 4 is 23.5 Å². The van der Waals surface area contributed by atoms with Gasteiger partial charge in [0.05, 0.1) is 17.8 Å². The van der Waals surface area contributed by atoms with Gasteiger partial charge in [0, 0.05) is 38.3 Å². The molecule has 4 amide bonds. The van der Waals surface area contributed by atoms with Crippen LogP contribution in [0.1, 0.15) is 67.7 Å². The van der Waals surface area contributed by atoms with Gasteiger partial charge in [-0.3, -0.25) is 14.5 Å². The van der Waals surface area contributed by atoms with E-state index >= 15 is 0 Å². The quantitative estimate of drug-likeness (QED) is 0.471. The molecule has 3 N–H and O–H groups in total. The van der Waals surface area contributed by atoms with Crippen LogP contribution >= 0.6 is 0 Å². The van der Waals surface area contributed by atoms with Gasteiger partial charge in [-0.25, -0.2) is 13.6 Å². The summed E-state index contributed by atoms with van der Waals surface area (Å²) in [5.74, 6) is -2.25. The molecule has 1 aliphatic heterocycles. The highest BCUT2D eigenvalue weighted by atomic mass is 19.2. The second kappa shape index (κ2) is 12.4. The molecular weight excluding hydrogens is 496 g/mol. The first-order valence-corrected chi connectivity index (χ1v) is 12.8. The van der Waals surface area contributed by atoms with Crippen molar-refractivity contribution in [3.8, 4) is 0 Å². The number of nitrogens with one attached hydrogen (secondary N) is 3. The van der Waals surface area contributed by atoms with Crippen LogP contribution in [0.3, 0.4) is 0 Å². The molecule has 0 aliphatic carbocycles. The van der Waals surface area contributed by atoms with E-state index in [2.05, 4.69) is 20.9 Å². The maximum absolute atomic E-state index is 14.8. The number of amides is 4. The zero-order chi connectivity index (χ0) is 28.0. The average Bonchev–Trinajstić information content (AvgIpc) is 3.30. The molecule has 0 radical (unpaired) electrons. The predicted octanol–water partition coefficient (Wildman–Crippen LogP) is 4.21. The van der Waals surface area contributed by atoms with Crippen LogP contribution in [0.5, 0.6) is 0 Å². The first-order valence-electron chi connectivity index (χ1n) is 12.8. The topological polar surface area (TPSA) is 107 Å². The number of urea groups is 1. The molecule has 1 aromatic carbocycles. The molecule has 208 valence electrons. The van der Waals surface area contributed by atoms with E-state index < -0.39 is 23.6 Å². The molecule has 11 heteroatoms. The standard InChI is InChI=1S/C27H37F2N5O4/c1-17(2)10-11-30-26(37)31-20-8-7-19(22(28)23(20)29)25(36)34-14-12-33(13-15-34)16-18-6-9-21(38-18)24(35)32-27(3,4)5/h6-9,17H,10-16H2,1-5H3,(H,32,35)(H2,30,31,37). The Balaban J connectivity index is 1.53. The number of nitrogens with zero attached hydrogens (tertiary/aromatic N) is 2. The number of halogens is 2. The number of furan rings is 1. The van der Waals surface area contributed by atoms with Crippen LogP contribution in [0.25, 0.3) is 0 Å². The van der Waals surface area contributed by atoms with Gasteiger partial charge in [-0.1, -0.05) is 13.8 Å². The maximum atomic E-state index is 14.8. The highest BCUT2D eigenvalue weighted by Crippen LogP contribution is 2.23. The molecule has 1 fully saturated rings. The highest BCUT2D eigenvalue weighted by molar-refractivity contribution is 5.96. The molecule has 0 bridgehead atoms. The lowest BCUT2D eigenvalue weighted by molar-refractivity contribution is 0.0612. The van der Waals surface area contributed by atoms with Gasteiger partial charge < -0.3 is 25.3 Å². The first-order chi connectivity index (χ1) is 17.8. The van der Waals surface area contributed by atoms with Crippen molar-refractivity contribution in [2.24, 2.45) is 5.92 Å². The second-order valence-corrected chi connectivity index (χ2v) is 10.9. The van der Waals surface area contributed by atoms with Gasteiger partial charge >= 0.3 is 6.03 Å². The molecule has 1 aromatic heterocycles. The fraction of sp³-hybridized carbons (Fsp3) is 0.519. The van der Waals surface area contributed by atoms with Crippen molar-refractivity contribution in [2.75, 3.05) is 38.0 Å². The molecule has 38 heavy (non-hydrogen) atoms. The molecule has 2 heterocycles. The molecule has 0 atom stereocenters. The minimum absolute atomic E-state index is 0.229. The lowest BCUT2D eigenvalue weighted by Crippen LogP contribution is -2.48. The van der Waals surface area contributed by atoms with Crippen molar-refractivity contribution in [3.63, 3.8) is 0 Å². The van der Waals surface area contributed by atoms with E-state index in [-0.39, 0.29) is 28.5 Å². The maximum Gasteiger partial charge on any atom is 0.319 e.